The van der Waals surface area contributed by atoms with Crippen LogP contribution in [-0.4, -0.2) is 20.5 Å². The van der Waals surface area contributed by atoms with Crippen molar-refractivity contribution in [2.75, 3.05) is 0 Å². The summed E-state index contributed by atoms with van der Waals surface area (Å²) in [5.74, 6) is -0.551. The first-order valence-electron chi connectivity index (χ1n) is 8.58. The third kappa shape index (κ3) is 3.29. The van der Waals surface area contributed by atoms with Gasteiger partial charge in [-0.3, -0.25) is 4.79 Å². The fourth-order valence-electron chi connectivity index (χ4n) is 2.99. The molecule has 2 aromatic carbocycles. The van der Waals surface area contributed by atoms with Gasteiger partial charge in [-0.1, -0.05) is 30.3 Å². The quantitative estimate of drug-likeness (QED) is 0.598. The maximum Gasteiger partial charge on any atom is 0.257 e. The first-order valence-corrected chi connectivity index (χ1v) is 8.58. The number of halogens is 1. The maximum absolute atomic E-state index is 13.2. The predicted octanol–water partition coefficient (Wildman–Crippen LogP) is 4.03. The number of fused-ring (bicyclic) bond motifs is 1. The van der Waals surface area contributed by atoms with E-state index in [9.17, 15) is 9.18 Å². The summed E-state index contributed by atoms with van der Waals surface area (Å²) in [6.07, 6.45) is 3.12. The largest absolute Gasteiger partial charge is 0.345 e. The number of carbonyl (C=O) groups excluding carboxylic acids is 1. The summed E-state index contributed by atoms with van der Waals surface area (Å²) < 4.78 is 14.8. The molecule has 0 saturated carbocycles. The molecule has 0 unspecified atom stereocenters. The highest BCUT2D eigenvalue weighted by atomic mass is 19.1. The average Bonchev–Trinajstić information content (AvgIpc) is 3.13. The number of aromatic nitrogens is 3. The van der Waals surface area contributed by atoms with Crippen molar-refractivity contribution < 1.29 is 9.18 Å². The number of benzene rings is 2. The second kappa shape index (κ2) is 6.99. The highest BCUT2D eigenvalue weighted by molar-refractivity contribution is 6.00. The van der Waals surface area contributed by atoms with Crippen LogP contribution in [0.2, 0.25) is 0 Å². The van der Waals surface area contributed by atoms with Crippen LogP contribution in [0.3, 0.4) is 0 Å². The Labute approximate surface area is 155 Å². The average molecular weight is 360 g/mol. The topological polar surface area (TPSA) is 59.3 Å². The Kier molecular flexibility index (Phi) is 4.38. The third-order valence-corrected chi connectivity index (χ3v) is 4.43. The molecule has 1 atom stereocenters. The number of rotatable bonds is 4. The highest BCUT2D eigenvalue weighted by Gasteiger charge is 2.18. The fourth-order valence-corrected chi connectivity index (χ4v) is 2.99. The maximum atomic E-state index is 13.2. The summed E-state index contributed by atoms with van der Waals surface area (Å²) in [7, 11) is 0. The van der Waals surface area contributed by atoms with E-state index in [0.717, 1.165) is 16.8 Å². The molecule has 1 N–H and O–H groups in total. The summed E-state index contributed by atoms with van der Waals surface area (Å²) in [4.78, 5) is 17.1. The zero-order valence-corrected chi connectivity index (χ0v) is 14.6. The van der Waals surface area contributed by atoms with Gasteiger partial charge in [-0.05, 0) is 42.8 Å². The molecule has 0 radical (unpaired) electrons. The predicted molar refractivity (Wildman–Crippen MR) is 101 cm³/mol. The van der Waals surface area contributed by atoms with E-state index in [4.69, 9.17) is 0 Å². The molecule has 0 aliphatic rings. The first kappa shape index (κ1) is 16.9. The van der Waals surface area contributed by atoms with Gasteiger partial charge in [0.2, 0.25) is 0 Å². The summed E-state index contributed by atoms with van der Waals surface area (Å²) in [5, 5.41) is 7.29. The van der Waals surface area contributed by atoms with Crippen molar-refractivity contribution in [2.45, 2.75) is 13.0 Å². The number of carbonyl (C=O) groups is 1. The van der Waals surface area contributed by atoms with Crippen molar-refractivity contribution in [1.82, 2.24) is 19.9 Å². The van der Waals surface area contributed by atoms with Gasteiger partial charge in [0.05, 0.1) is 17.9 Å². The lowest BCUT2D eigenvalue weighted by Gasteiger charge is -2.13. The van der Waals surface area contributed by atoms with E-state index in [1.165, 1.54) is 18.3 Å². The minimum Gasteiger partial charge on any atom is -0.345 e. The monoisotopic (exact) mass is 360 g/mol. The Bertz CT molecular complexity index is 1090. The van der Waals surface area contributed by atoms with E-state index >= 15 is 0 Å². The lowest BCUT2D eigenvalue weighted by atomic mass is 10.1. The number of nitrogens with zero attached hydrogens (tertiary/aromatic N) is 3. The summed E-state index contributed by atoms with van der Waals surface area (Å²) in [6.45, 7) is 1.93. The van der Waals surface area contributed by atoms with Crippen LogP contribution >= 0.6 is 0 Å². The minimum absolute atomic E-state index is 0.145. The van der Waals surface area contributed by atoms with E-state index < -0.39 is 0 Å². The normalized spacial score (nSPS) is 12.1. The van der Waals surface area contributed by atoms with Gasteiger partial charge < -0.3 is 5.32 Å². The fraction of sp³-hybridized carbons (Fsp3) is 0.0952. The Morgan fingerprint density at radius 2 is 1.81 bits per heavy atom. The Balaban J connectivity index is 1.66. The van der Waals surface area contributed by atoms with Crippen LogP contribution in [0.25, 0.3) is 16.9 Å². The van der Waals surface area contributed by atoms with Crippen LogP contribution in [0.4, 0.5) is 4.39 Å². The van der Waals surface area contributed by atoms with Crippen LogP contribution in [0, 0.1) is 5.82 Å². The van der Waals surface area contributed by atoms with Crippen LogP contribution in [0.15, 0.2) is 73.1 Å². The van der Waals surface area contributed by atoms with Crippen molar-refractivity contribution in [3.8, 4) is 11.3 Å². The molecule has 27 heavy (non-hydrogen) atoms. The van der Waals surface area contributed by atoms with Gasteiger partial charge in [-0.25, -0.2) is 13.9 Å². The van der Waals surface area contributed by atoms with E-state index in [1.54, 1.807) is 28.9 Å². The highest BCUT2D eigenvalue weighted by Crippen LogP contribution is 2.22. The van der Waals surface area contributed by atoms with Gasteiger partial charge in [-0.2, -0.15) is 5.10 Å². The molecular weight excluding hydrogens is 343 g/mol. The molecule has 0 fully saturated rings. The molecule has 0 saturated heterocycles. The van der Waals surface area contributed by atoms with Gasteiger partial charge in [0, 0.05) is 11.8 Å². The summed E-state index contributed by atoms with van der Waals surface area (Å²) in [5.41, 5.74) is 3.38. The van der Waals surface area contributed by atoms with Crippen molar-refractivity contribution in [3.05, 3.63) is 90.0 Å². The Hall–Kier alpha value is -3.54. The second-order valence-electron chi connectivity index (χ2n) is 6.24. The smallest absolute Gasteiger partial charge is 0.257 e. The van der Waals surface area contributed by atoms with Gasteiger partial charge in [-0.15, -0.1) is 0 Å². The summed E-state index contributed by atoms with van der Waals surface area (Å²) in [6, 6.07) is 17.5. The van der Waals surface area contributed by atoms with E-state index in [0.29, 0.717) is 11.2 Å². The molecule has 4 aromatic rings. The van der Waals surface area contributed by atoms with Gasteiger partial charge in [0.1, 0.15) is 11.4 Å². The SMILES string of the molecule is C[C@H](NC(=O)c1cnn2c(-c3ccc(F)cc3)ccnc12)c1ccccc1. The van der Waals surface area contributed by atoms with Crippen LogP contribution in [-0.2, 0) is 0 Å². The van der Waals surface area contributed by atoms with E-state index in [-0.39, 0.29) is 17.8 Å². The number of hydrogen-bond donors (Lipinski definition) is 1. The molecule has 0 aliphatic heterocycles. The molecule has 2 aromatic heterocycles. The van der Waals surface area contributed by atoms with Gasteiger partial charge >= 0.3 is 0 Å². The van der Waals surface area contributed by atoms with Crippen molar-refractivity contribution in [3.63, 3.8) is 0 Å². The molecule has 6 heteroatoms. The van der Waals surface area contributed by atoms with Gasteiger partial charge in [0.15, 0.2) is 5.65 Å². The molecule has 0 spiro atoms. The molecule has 2 heterocycles. The van der Waals surface area contributed by atoms with Crippen molar-refractivity contribution >= 4 is 11.6 Å². The number of nitrogens with one attached hydrogen (secondary N) is 1. The van der Waals surface area contributed by atoms with Crippen molar-refractivity contribution in [2.24, 2.45) is 0 Å². The standard InChI is InChI=1S/C21H17FN4O/c1-14(15-5-3-2-4-6-15)25-21(27)18-13-24-26-19(11-12-23-20(18)26)16-7-9-17(22)10-8-16/h2-14H,1H3,(H,25,27)/t14-/m0/s1. The molecule has 4 rings (SSSR count). The number of hydrogen-bond acceptors (Lipinski definition) is 3. The van der Waals surface area contributed by atoms with Crippen LogP contribution in [0.5, 0.6) is 0 Å². The van der Waals surface area contributed by atoms with E-state index in [1.807, 2.05) is 37.3 Å². The van der Waals surface area contributed by atoms with Crippen LogP contribution < -0.4 is 5.32 Å². The second-order valence-corrected chi connectivity index (χ2v) is 6.24. The Morgan fingerprint density at radius 3 is 2.56 bits per heavy atom. The first-order chi connectivity index (χ1) is 13.1. The Morgan fingerprint density at radius 1 is 1.07 bits per heavy atom. The van der Waals surface area contributed by atoms with E-state index in [2.05, 4.69) is 15.4 Å². The number of amides is 1. The molecule has 0 aliphatic carbocycles. The third-order valence-electron chi connectivity index (χ3n) is 4.43. The molecular formula is C21H17FN4O. The lowest BCUT2D eigenvalue weighted by molar-refractivity contribution is 0.0941. The minimum atomic E-state index is -0.306. The van der Waals surface area contributed by atoms with Crippen molar-refractivity contribution in [1.29, 1.82) is 0 Å². The summed E-state index contributed by atoms with van der Waals surface area (Å²) >= 11 is 0. The molecule has 5 nitrogen and oxygen atoms in total. The lowest BCUT2D eigenvalue weighted by Crippen LogP contribution is -2.26. The zero-order chi connectivity index (χ0) is 18.8. The molecule has 0 bridgehead atoms. The molecule has 1 amide bonds. The van der Waals surface area contributed by atoms with Crippen LogP contribution in [0.1, 0.15) is 28.9 Å². The van der Waals surface area contributed by atoms with Gasteiger partial charge in [0.25, 0.3) is 5.91 Å². The molecule has 134 valence electrons. The zero-order valence-electron chi connectivity index (χ0n) is 14.6.